The van der Waals surface area contributed by atoms with E-state index in [-0.39, 0.29) is 11.8 Å². The number of nitrogens with zero attached hydrogens (tertiary/aromatic N) is 4. The number of carbonyl (C=O) groups excluding carboxylic acids is 1. The van der Waals surface area contributed by atoms with Gasteiger partial charge in [-0.05, 0) is 6.42 Å². The van der Waals surface area contributed by atoms with Crippen LogP contribution in [0.25, 0.3) is 0 Å². The van der Waals surface area contributed by atoms with Crippen molar-refractivity contribution in [1.82, 2.24) is 20.3 Å². The number of aryl methyl sites for hydroxylation is 1. The molecule has 0 unspecified atom stereocenters. The van der Waals surface area contributed by atoms with Gasteiger partial charge in [-0.15, -0.1) is 11.3 Å². The van der Waals surface area contributed by atoms with Crippen LogP contribution in [-0.2, 0) is 22.5 Å². The lowest BCUT2D eigenvalue weighted by atomic mass is 9.80. The first kappa shape index (κ1) is 16.4. The van der Waals surface area contributed by atoms with Crippen LogP contribution >= 0.6 is 11.3 Å². The molecule has 4 rings (SSSR count). The zero-order chi connectivity index (χ0) is 17.3. The first-order valence-electron chi connectivity index (χ1n) is 8.51. The number of aromatic nitrogens is 3. The van der Waals surface area contributed by atoms with Crippen molar-refractivity contribution in [1.29, 1.82) is 0 Å². The topological polar surface area (TPSA) is 80.2 Å². The molecule has 4 heterocycles. The van der Waals surface area contributed by atoms with Gasteiger partial charge >= 0.3 is 0 Å². The fourth-order valence-electron chi connectivity index (χ4n) is 3.61. The van der Waals surface area contributed by atoms with Gasteiger partial charge in [-0.1, -0.05) is 6.92 Å². The van der Waals surface area contributed by atoms with Crippen LogP contribution in [0.2, 0.25) is 0 Å². The lowest BCUT2D eigenvalue weighted by Crippen LogP contribution is -2.46. The third-order valence-electron chi connectivity index (χ3n) is 5.06. The second kappa shape index (κ2) is 6.68. The molecular formula is C17H21N5O2S. The van der Waals surface area contributed by atoms with E-state index in [1.165, 1.54) is 0 Å². The molecule has 25 heavy (non-hydrogen) atoms. The van der Waals surface area contributed by atoms with Crippen molar-refractivity contribution in [2.24, 2.45) is 11.3 Å². The lowest BCUT2D eigenvalue weighted by molar-refractivity contribution is -0.131. The fourth-order valence-corrected chi connectivity index (χ4v) is 4.43. The molecule has 2 aromatic heterocycles. The van der Waals surface area contributed by atoms with Crippen molar-refractivity contribution in [3.05, 3.63) is 34.7 Å². The number of ether oxygens (including phenoxy) is 1. The van der Waals surface area contributed by atoms with Crippen molar-refractivity contribution < 1.29 is 9.53 Å². The zero-order valence-electron chi connectivity index (χ0n) is 14.1. The molecule has 0 aromatic carbocycles. The van der Waals surface area contributed by atoms with Gasteiger partial charge in [0.15, 0.2) is 0 Å². The van der Waals surface area contributed by atoms with Gasteiger partial charge in [0.2, 0.25) is 5.91 Å². The highest BCUT2D eigenvalue weighted by Gasteiger charge is 2.56. The Bertz CT molecular complexity index is 753. The highest BCUT2D eigenvalue weighted by atomic mass is 32.1. The van der Waals surface area contributed by atoms with Crippen molar-refractivity contribution in [3.8, 4) is 0 Å². The Hall–Kier alpha value is -2.06. The van der Waals surface area contributed by atoms with Crippen molar-refractivity contribution >= 4 is 23.1 Å². The number of fused-ring (bicyclic) bond motifs is 1. The number of hydrogen-bond donors (Lipinski definition) is 1. The minimum Gasteiger partial charge on any atom is -0.380 e. The number of carbonyl (C=O) groups is 1. The second-order valence-electron chi connectivity index (χ2n) is 6.58. The summed E-state index contributed by atoms with van der Waals surface area (Å²) in [5.41, 5.74) is 0.562. The Morgan fingerprint density at radius 3 is 3.20 bits per heavy atom. The van der Waals surface area contributed by atoms with E-state index in [0.29, 0.717) is 26.3 Å². The summed E-state index contributed by atoms with van der Waals surface area (Å²) in [5, 5.41) is 6.07. The molecule has 7 nitrogen and oxygen atoms in total. The smallest absolute Gasteiger partial charge is 0.231 e. The molecule has 132 valence electrons. The summed E-state index contributed by atoms with van der Waals surface area (Å²) >= 11 is 1.59. The Labute approximate surface area is 150 Å². The largest absolute Gasteiger partial charge is 0.380 e. The summed E-state index contributed by atoms with van der Waals surface area (Å²) in [6, 6.07) is 0. The first-order valence-corrected chi connectivity index (χ1v) is 9.39. The number of hydrogen-bond acceptors (Lipinski definition) is 7. The molecule has 0 saturated carbocycles. The number of thiazole rings is 1. The Kier molecular flexibility index (Phi) is 4.39. The minimum absolute atomic E-state index is 0.0506. The number of amides is 1. The summed E-state index contributed by atoms with van der Waals surface area (Å²) in [7, 11) is 0. The normalized spacial score (nSPS) is 25.2. The Morgan fingerprint density at radius 1 is 1.52 bits per heavy atom. The Balaban J connectivity index is 1.46. The van der Waals surface area contributed by atoms with Gasteiger partial charge in [-0.25, -0.2) is 9.97 Å². The quantitative estimate of drug-likeness (QED) is 0.866. The van der Waals surface area contributed by atoms with Gasteiger partial charge in [0.1, 0.15) is 10.8 Å². The van der Waals surface area contributed by atoms with E-state index < -0.39 is 5.41 Å². The van der Waals surface area contributed by atoms with Crippen LogP contribution in [0.1, 0.15) is 17.6 Å². The van der Waals surface area contributed by atoms with Gasteiger partial charge in [0.05, 0.1) is 37.1 Å². The monoisotopic (exact) mass is 359 g/mol. The molecule has 0 aliphatic carbocycles. The molecule has 2 fully saturated rings. The maximum atomic E-state index is 13.0. The van der Waals surface area contributed by atoms with Crippen LogP contribution in [0.3, 0.4) is 0 Å². The van der Waals surface area contributed by atoms with E-state index in [1.54, 1.807) is 29.9 Å². The van der Waals surface area contributed by atoms with E-state index in [0.717, 1.165) is 29.5 Å². The molecule has 0 spiro atoms. The van der Waals surface area contributed by atoms with Crippen molar-refractivity contribution in [2.45, 2.75) is 19.9 Å². The van der Waals surface area contributed by atoms with Crippen LogP contribution in [0.15, 0.2) is 24.0 Å². The number of anilines is 1. The van der Waals surface area contributed by atoms with E-state index >= 15 is 0 Å². The summed E-state index contributed by atoms with van der Waals surface area (Å²) in [6.07, 6.45) is 6.00. The molecule has 2 aromatic rings. The summed E-state index contributed by atoms with van der Waals surface area (Å²) < 4.78 is 5.66. The Morgan fingerprint density at radius 2 is 2.44 bits per heavy atom. The molecule has 2 aliphatic heterocycles. The summed E-state index contributed by atoms with van der Waals surface area (Å²) in [4.78, 5) is 28.2. The molecule has 1 N–H and O–H groups in total. The first-order chi connectivity index (χ1) is 12.2. The second-order valence-corrected chi connectivity index (χ2v) is 7.52. The van der Waals surface area contributed by atoms with E-state index in [9.17, 15) is 4.79 Å². The van der Waals surface area contributed by atoms with Gasteiger partial charge in [-0.3, -0.25) is 9.78 Å². The minimum atomic E-state index is -0.512. The average Bonchev–Trinajstić information content (AvgIpc) is 3.34. The highest BCUT2D eigenvalue weighted by Crippen LogP contribution is 2.42. The highest BCUT2D eigenvalue weighted by molar-refractivity contribution is 7.09. The van der Waals surface area contributed by atoms with Crippen LogP contribution in [0.4, 0.5) is 5.82 Å². The predicted octanol–water partition coefficient (Wildman–Crippen LogP) is 1.26. The molecule has 2 saturated heterocycles. The molecule has 0 radical (unpaired) electrons. The van der Waals surface area contributed by atoms with Crippen LogP contribution in [0.5, 0.6) is 0 Å². The van der Waals surface area contributed by atoms with Crippen molar-refractivity contribution in [2.75, 3.05) is 31.2 Å². The van der Waals surface area contributed by atoms with Crippen molar-refractivity contribution in [3.63, 3.8) is 0 Å². The molecule has 2 atom stereocenters. The maximum Gasteiger partial charge on any atom is 0.231 e. The molecule has 2 aliphatic rings. The van der Waals surface area contributed by atoms with E-state index in [1.807, 2.05) is 5.38 Å². The summed E-state index contributed by atoms with van der Waals surface area (Å²) in [6.45, 7) is 5.00. The zero-order valence-corrected chi connectivity index (χ0v) is 15.0. The third kappa shape index (κ3) is 3.00. The lowest BCUT2D eigenvalue weighted by Gasteiger charge is -2.25. The number of rotatable bonds is 5. The predicted molar refractivity (Wildman–Crippen MR) is 94.3 cm³/mol. The maximum absolute atomic E-state index is 13.0. The van der Waals surface area contributed by atoms with E-state index in [4.69, 9.17) is 4.74 Å². The van der Waals surface area contributed by atoms with Gasteiger partial charge in [0, 0.05) is 36.8 Å². The van der Waals surface area contributed by atoms with Gasteiger partial charge < -0.3 is 15.0 Å². The third-order valence-corrected chi connectivity index (χ3v) is 5.96. The SMILES string of the molecule is CCc1csc(CNC(=O)[C@@]23COC[C@@H]2CN(c2cnccn2)C3)n1. The van der Waals surface area contributed by atoms with Crippen LogP contribution in [-0.4, -0.2) is 47.2 Å². The average molecular weight is 359 g/mol. The van der Waals surface area contributed by atoms with Gasteiger partial charge in [0.25, 0.3) is 0 Å². The molecule has 1 amide bonds. The van der Waals surface area contributed by atoms with Crippen LogP contribution < -0.4 is 10.2 Å². The van der Waals surface area contributed by atoms with E-state index in [2.05, 4.69) is 32.1 Å². The molecule has 8 heteroatoms. The number of nitrogens with one attached hydrogen (secondary N) is 1. The molecular weight excluding hydrogens is 338 g/mol. The van der Waals surface area contributed by atoms with Crippen LogP contribution in [0, 0.1) is 11.3 Å². The van der Waals surface area contributed by atoms with Gasteiger partial charge in [-0.2, -0.15) is 0 Å². The molecule has 0 bridgehead atoms. The fraction of sp³-hybridized carbons (Fsp3) is 0.529. The standard InChI is InChI=1S/C17H21N5O2S/c1-2-13-9-25-15(21-13)6-20-16(23)17-10-22(7-12(17)8-24-11-17)14-5-18-3-4-19-14/h3-5,9,12H,2,6-8,10-11H2,1H3,(H,20,23)/t12-,17-/m0/s1. The summed E-state index contributed by atoms with van der Waals surface area (Å²) in [5.74, 6) is 1.04.